The average molecular weight is 259 g/mol. The third-order valence-electron chi connectivity index (χ3n) is 3.30. The molecule has 104 valence electrons. The zero-order chi connectivity index (χ0) is 13.9. The molecule has 3 N–H and O–H groups in total. The number of carboxylic acids is 1. The molecule has 0 radical (unpaired) electrons. The van der Waals surface area contributed by atoms with E-state index >= 15 is 0 Å². The number of nitrogens with one attached hydrogen (secondary N) is 1. The van der Waals surface area contributed by atoms with E-state index in [0.717, 1.165) is 0 Å². The summed E-state index contributed by atoms with van der Waals surface area (Å²) in [6, 6.07) is -1.41. The van der Waals surface area contributed by atoms with Crippen LogP contribution in [0.2, 0.25) is 0 Å². The van der Waals surface area contributed by atoms with Gasteiger partial charge in [0.1, 0.15) is 0 Å². The Bertz CT molecular complexity index is 321. The average Bonchev–Trinajstić information content (AvgIpc) is 2.67. The molecule has 1 saturated heterocycles. The van der Waals surface area contributed by atoms with Crippen LogP contribution < -0.4 is 5.32 Å². The Kier molecular flexibility index (Phi) is 4.92. The number of likely N-dealkylation sites (tertiary alicyclic amines) is 1. The molecule has 18 heavy (non-hydrogen) atoms. The van der Waals surface area contributed by atoms with E-state index in [2.05, 4.69) is 17.1 Å². The van der Waals surface area contributed by atoms with Gasteiger partial charge in [-0.25, -0.2) is 9.59 Å². The second-order valence-corrected chi connectivity index (χ2v) is 4.94. The van der Waals surface area contributed by atoms with Gasteiger partial charge in [0.05, 0.1) is 6.61 Å². The quantitative estimate of drug-likeness (QED) is 0.603. The number of hydrogen-bond donors (Lipinski definition) is 3. The number of aliphatic hydroxyl groups is 1. The van der Waals surface area contributed by atoms with Crippen molar-refractivity contribution in [1.82, 2.24) is 15.1 Å². The summed E-state index contributed by atoms with van der Waals surface area (Å²) in [7, 11) is 3.91. The minimum Gasteiger partial charge on any atom is -0.480 e. The molecular weight excluding hydrogens is 238 g/mol. The fourth-order valence-corrected chi connectivity index (χ4v) is 2.21. The maximum atomic E-state index is 11.9. The summed E-state index contributed by atoms with van der Waals surface area (Å²) in [5.74, 6) is -0.898. The summed E-state index contributed by atoms with van der Waals surface area (Å²) in [6.45, 7) is 2.60. The van der Waals surface area contributed by atoms with Crippen LogP contribution in [0.3, 0.4) is 0 Å². The van der Waals surface area contributed by atoms with Crippen molar-refractivity contribution in [2.75, 3.05) is 33.8 Å². The summed E-state index contributed by atoms with van der Waals surface area (Å²) < 4.78 is 0. The third-order valence-corrected chi connectivity index (χ3v) is 3.30. The molecule has 3 unspecified atom stereocenters. The third kappa shape index (κ3) is 3.33. The van der Waals surface area contributed by atoms with E-state index in [1.807, 2.05) is 14.1 Å². The Balaban J connectivity index is 2.56. The van der Waals surface area contributed by atoms with Crippen molar-refractivity contribution in [3.05, 3.63) is 0 Å². The minimum atomic E-state index is -1.24. The minimum absolute atomic E-state index is 0.271. The standard InChI is InChI=1S/C11H21N3O4/c1-7-4-14(5-9(7)13(2)3)11(18)12-8(6-15)10(16)17/h7-9,15H,4-6H2,1-3H3,(H,12,18)(H,16,17). The highest BCUT2D eigenvalue weighted by molar-refractivity contribution is 5.82. The van der Waals surface area contributed by atoms with E-state index in [1.165, 1.54) is 0 Å². The predicted molar refractivity (Wildman–Crippen MR) is 65.3 cm³/mol. The SMILES string of the molecule is CC1CN(C(=O)NC(CO)C(=O)O)CC1N(C)C. The van der Waals surface area contributed by atoms with E-state index < -0.39 is 24.6 Å². The van der Waals surface area contributed by atoms with Gasteiger partial charge in [0.25, 0.3) is 0 Å². The van der Waals surface area contributed by atoms with Crippen molar-refractivity contribution >= 4 is 12.0 Å². The van der Waals surface area contributed by atoms with E-state index in [-0.39, 0.29) is 6.04 Å². The van der Waals surface area contributed by atoms with Crippen LogP contribution in [0.25, 0.3) is 0 Å². The number of urea groups is 1. The normalized spacial score (nSPS) is 25.3. The van der Waals surface area contributed by atoms with E-state index in [1.54, 1.807) is 4.90 Å². The van der Waals surface area contributed by atoms with Crippen LogP contribution in [0, 0.1) is 5.92 Å². The van der Waals surface area contributed by atoms with Crippen LogP contribution in [-0.4, -0.2) is 77.9 Å². The van der Waals surface area contributed by atoms with Gasteiger partial charge in [0, 0.05) is 19.1 Å². The van der Waals surface area contributed by atoms with Crippen molar-refractivity contribution in [3.8, 4) is 0 Å². The maximum absolute atomic E-state index is 11.9. The van der Waals surface area contributed by atoms with Crippen LogP contribution in [0.5, 0.6) is 0 Å². The van der Waals surface area contributed by atoms with Crippen LogP contribution >= 0.6 is 0 Å². The number of hydrogen-bond acceptors (Lipinski definition) is 4. The van der Waals surface area contributed by atoms with E-state index in [9.17, 15) is 9.59 Å². The molecule has 2 amide bonds. The number of aliphatic hydroxyl groups excluding tert-OH is 1. The molecule has 0 aromatic rings. The summed E-state index contributed by atoms with van der Waals surface area (Å²) in [4.78, 5) is 26.2. The fraction of sp³-hybridized carbons (Fsp3) is 0.818. The zero-order valence-corrected chi connectivity index (χ0v) is 11.0. The predicted octanol–water partition coefficient (Wildman–Crippen LogP) is -0.977. The van der Waals surface area contributed by atoms with Crippen LogP contribution in [0.4, 0.5) is 4.79 Å². The topological polar surface area (TPSA) is 93.1 Å². The molecule has 1 heterocycles. The molecule has 3 atom stereocenters. The lowest BCUT2D eigenvalue weighted by Gasteiger charge is -2.23. The molecule has 1 fully saturated rings. The van der Waals surface area contributed by atoms with Gasteiger partial charge in [-0.05, 0) is 20.0 Å². The van der Waals surface area contributed by atoms with Crippen molar-refractivity contribution in [2.24, 2.45) is 5.92 Å². The number of aliphatic carboxylic acids is 1. The Morgan fingerprint density at radius 2 is 2.06 bits per heavy atom. The molecule has 0 spiro atoms. The lowest BCUT2D eigenvalue weighted by molar-refractivity contribution is -0.140. The molecule has 7 nitrogen and oxygen atoms in total. The monoisotopic (exact) mass is 259 g/mol. The van der Waals surface area contributed by atoms with Gasteiger partial charge in [0.15, 0.2) is 6.04 Å². The van der Waals surface area contributed by atoms with Gasteiger partial charge in [-0.1, -0.05) is 6.92 Å². The van der Waals surface area contributed by atoms with Gasteiger partial charge in [-0.3, -0.25) is 0 Å². The second-order valence-electron chi connectivity index (χ2n) is 4.94. The number of carbonyl (C=O) groups excluding carboxylic acids is 1. The number of amides is 2. The summed E-state index contributed by atoms with van der Waals surface area (Å²) in [5, 5.41) is 19.9. The van der Waals surface area contributed by atoms with Crippen LogP contribution in [0.15, 0.2) is 0 Å². The van der Waals surface area contributed by atoms with Crippen LogP contribution in [-0.2, 0) is 4.79 Å². The Morgan fingerprint density at radius 3 is 2.44 bits per heavy atom. The van der Waals surface area contributed by atoms with Gasteiger partial charge in [0.2, 0.25) is 0 Å². The maximum Gasteiger partial charge on any atom is 0.328 e. The molecule has 1 rings (SSSR count). The van der Waals surface area contributed by atoms with Gasteiger partial charge in [-0.2, -0.15) is 0 Å². The lowest BCUT2D eigenvalue weighted by Crippen LogP contribution is -2.49. The first-order valence-corrected chi connectivity index (χ1v) is 5.92. The van der Waals surface area contributed by atoms with Gasteiger partial charge >= 0.3 is 12.0 Å². The number of rotatable bonds is 4. The largest absolute Gasteiger partial charge is 0.480 e. The van der Waals surface area contributed by atoms with Crippen molar-refractivity contribution in [3.63, 3.8) is 0 Å². The highest BCUT2D eigenvalue weighted by Gasteiger charge is 2.34. The number of likely N-dealkylation sites (N-methyl/N-ethyl adjacent to an activating group) is 1. The Hall–Kier alpha value is -1.34. The number of carboxylic acid groups (broad SMARTS) is 1. The summed E-state index contributed by atoms with van der Waals surface area (Å²) >= 11 is 0. The van der Waals surface area contributed by atoms with Crippen LogP contribution in [0.1, 0.15) is 6.92 Å². The molecule has 0 aromatic carbocycles. The van der Waals surface area contributed by atoms with Gasteiger partial charge < -0.3 is 25.3 Å². The smallest absolute Gasteiger partial charge is 0.328 e. The lowest BCUT2D eigenvalue weighted by atomic mass is 10.1. The Labute approximate surface area is 106 Å². The van der Waals surface area contributed by atoms with Crippen molar-refractivity contribution in [1.29, 1.82) is 0 Å². The molecule has 0 saturated carbocycles. The first kappa shape index (κ1) is 14.7. The first-order valence-electron chi connectivity index (χ1n) is 5.92. The van der Waals surface area contributed by atoms with Crippen molar-refractivity contribution in [2.45, 2.75) is 19.0 Å². The fourth-order valence-electron chi connectivity index (χ4n) is 2.21. The molecule has 0 aliphatic carbocycles. The molecule has 7 heteroatoms. The number of nitrogens with zero attached hydrogens (tertiary/aromatic N) is 2. The summed E-state index contributed by atoms with van der Waals surface area (Å²) in [6.07, 6.45) is 0. The highest BCUT2D eigenvalue weighted by Crippen LogP contribution is 2.19. The second kappa shape index (κ2) is 6.01. The highest BCUT2D eigenvalue weighted by atomic mass is 16.4. The zero-order valence-electron chi connectivity index (χ0n) is 11.0. The molecule has 1 aliphatic rings. The van der Waals surface area contributed by atoms with E-state index in [0.29, 0.717) is 19.0 Å². The van der Waals surface area contributed by atoms with Gasteiger partial charge in [-0.15, -0.1) is 0 Å². The molecule has 0 bridgehead atoms. The van der Waals surface area contributed by atoms with Crippen molar-refractivity contribution < 1.29 is 19.8 Å². The summed E-state index contributed by atoms with van der Waals surface area (Å²) in [5.41, 5.74) is 0. The molecule has 0 aromatic heterocycles. The molecular formula is C11H21N3O4. The Morgan fingerprint density at radius 1 is 1.44 bits per heavy atom. The first-order chi connectivity index (χ1) is 8.36. The molecule has 1 aliphatic heterocycles. The van der Waals surface area contributed by atoms with E-state index in [4.69, 9.17) is 10.2 Å². The number of carbonyl (C=O) groups is 2.